The van der Waals surface area contributed by atoms with Gasteiger partial charge in [-0.25, -0.2) is 4.79 Å². The van der Waals surface area contributed by atoms with Crippen LogP contribution < -0.4 is 0 Å². The molecule has 0 atom stereocenters. The van der Waals surface area contributed by atoms with E-state index in [4.69, 9.17) is 19.2 Å². The molecule has 1 heterocycles. The van der Waals surface area contributed by atoms with Gasteiger partial charge in [0.2, 0.25) is 0 Å². The lowest BCUT2D eigenvalue weighted by Crippen LogP contribution is -2.11. The zero-order valence-corrected chi connectivity index (χ0v) is 13.3. The van der Waals surface area contributed by atoms with Crippen LogP contribution in [0.4, 0.5) is 5.69 Å². The third kappa shape index (κ3) is 4.53. The van der Waals surface area contributed by atoms with E-state index in [2.05, 4.69) is 0 Å². The van der Waals surface area contributed by atoms with Crippen LogP contribution in [0.5, 0.6) is 0 Å². The smallest absolute Gasteiger partial charge is 0.349 e. The summed E-state index contributed by atoms with van der Waals surface area (Å²) in [6, 6.07) is 10.9. The number of nitro groups is 1. The maximum atomic E-state index is 11.8. The highest BCUT2D eigenvalue weighted by molar-refractivity contribution is 5.97. The Balaban J connectivity index is 2.25. The van der Waals surface area contributed by atoms with Gasteiger partial charge in [-0.05, 0) is 18.2 Å². The highest BCUT2D eigenvalue weighted by atomic mass is 16.6. The number of para-hydroxylation sites is 1. The number of carbonyl (C=O) groups is 1. The molecule has 2 aromatic rings. The summed E-state index contributed by atoms with van der Waals surface area (Å²) in [5, 5.41) is 20.2. The predicted molar refractivity (Wildman–Crippen MR) is 87.2 cm³/mol. The van der Waals surface area contributed by atoms with Crippen LogP contribution in [0.3, 0.4) is 0 Å². The molecular formula is C17H14N2O6. The van der Waals surface area contributed by atoms with E-state index in [1.54, 1.807) is 24.3 Å². The van der Waals surface area contributed by atoms with Gasteiger partial charge < -0.3 is 13.9 Å². The van der Waals surface area contributed by atoms with Gasteiger partial charge in [-0.2, -0.15) is 5.26 Å². The number of furan rings is 1. The number of carbonyl (C=O) groups excluding carboxylic acids is 1. The van der Waals surface area contributed by atoms with Crippen LogP contribution in [0.1, 0.15) is 5.76 Å². The Morgan fingerprint density at radius 3 is 2.76 bits per heavy atom. The van der Waals surface area contributed by atoms with Crippen LogP contribution in [0.15, 0.2) is 46.4 Å². The number of methoxy groups -OCH3 is 1. The highest BCUT2D eigenvalue weighted by Gasteiger charge is 2.17. The summed E-state index contributed by atoms with van der Waals surface area (Å²) >= 11 is 0. The van der Waals surface area contributed by atoms with Gasteiger partial charge >= 0.3 is 5.97 Å². The van der Waals surface area contributed by atoms with Gasteiger partial charge in [0.05, 0.1) is 17.1 Å². The Kier molecular flexibility index (Phi) is 6.03. The van der Waals surface area contributed by atoms with Crippen molar-refractivity contribution in [3.63, 3.8) is 0 Å². The first kappa shape index (κ1) is 17.9. The molecule has 0 aliphatic heterocycles. The molecule has 0 aliphatic carbocycles. The molecule has 1 aromatic heterocycles. The predicted octanol–water partition coefficient (Wildman–Crippen LogP) is 2.95. The molecule has 0 unspecified atom stereocenters. The number of hydrogen-bond acceptors (Lipinski definition) is 7. The summed E-state index contributed by atoms with van der Waals surface area (Å²) in [6.07, 6.45) is 1.22. The lowest BCUT2D eigenvalue weighted by molar-refractivity contribution is -0.384. The number of nitro benzene ring substituents is 1. The van der Waals surface area contributed by atoms with Crippen molar-refractivity contribution < 1.29 is 23.6 Å². The van der Waals surface area contributed by atoms with E-state index in [0.29, 0.717) is 5.56 Å². The largest absolute Gasteiger partial charge is 0.459 e. The number of nitriles is 1. The molecule has 0 fully saturated rings. The zero-order chi connectivity index (χ0) is 18.2. The summed E-state index contributed by atoms with van der Waals surface area (Å²) < 4.78 is 15.1. The molecular weight excluding hydrogens is 328 g/mol. The lowest BCUT2D eigenvalue weighted by Gasteiger charge is -2.02. The number of nitrogens with zero attached hydrogens (tertiary/aromatic N) is 2. The summed E-state index contributed by atoms with van der Waals surface area (Å²) in [6.45, 7) is 0.237. The van der Waals surface area contributed by atoms with Crippen molar-refractivity contribution in [1.82, 2.24) is 0 Å². The van der Waals surface area contributed by atoms with Crippen LogP contribution in [-0.4, -0.2) is 31.2 Å². The monoisotopic (exact) mass is 342 g/mol. The number of ether oxygens (including phenoxy) is 2. The summed E-state index contributed by atoms with van der Waals surface area (Å²) in [5.74, 6) is -0.347. The Hall–Kier alpha value is -3.44. The quantitative estimate of drug-likeness (QED) is 0.190. The van der Waals surface area contributed by atoms with Crippen LogP contribution in [0.25, 0.3) is 17.4 Å². The van der Waals surface area contributed by atoms with Crippen molar-refractivity contribution in [3.8, 4) is 17.4 Å². The minimum Gasteiger partial charge on any atom is -0.459 e. The second kappa shape index (κ2) is 8.42. The minimum absolute atomic E-state index is 0.0218. The second-order valence-electron chi connectivity index (χ2n) is 4.77. The molecule has 128 valence electrons. The number of benzene rings is 1. The number of hydrogen-bond donors (Lipinski definition) is 0. The molecule has 0 spiro atoms. The fraction of sp³-hybridized carbons (Fsp3) is 0.176. The maximum absolute atomic E-state index is 11.8. The average molecular weight is 342 g/mol. The first-order chi connectivity index (χ1) is 12.1. The first-order valence-electron chi connectivity index (χ1n) is 7.18. The SMILES string of the molecule is COCCOC(=O)/C(C#N)=C/c1ccc(-c2ccccc2[N+](=O)[O-])o1. The Morgan fingerprint density at radius 1 is 1.32 bits per heavy atom. The topological polar surface area (TPSA) is 116 Å². The molecule has 0 radical (unpaired) electrons. The standard InChI is InChI=1S/C17H14N2O6/c1-23-8-9-24-17(20)12(11-18)10-13-6-7-16(25-13)14-4-2-3-5-15(14)19(21)22/h2-7,10H,8-9H2,1H3/b12-10+. The third-order valence-electron chi connectivity index (χ3n) is 3.14. The Bertz CT molecular complexity index is 847. The van der Waals surface area contributed by atoms with Crippen LogP contribution in [-0.2, 0) is 14.3 Å². The van der Waals surface area contributed by atoms with Gasteiger partial charge in [0.25, 0.3) is 5.69 Å². The molecule has 8 heteroatoms. The molecule has 0 saturated heterocycles. The van der Waals surface area contributed by atoms with Crippen LogP contribution in [0, 0.1) is 21.4 Å². The maximum Gasteiger partial charge on any atom is 0.349 e. The molecule has 1 aromatic carbocycles. The van der Waals surface area contributed by atoms with Gasteiger partial charge in [-0.15, -0.1) is 0 Å². The van der Waals surface area contributed by atoms with E-state index in [9.17, 15) is 14.9 Å². The lowest BCUT2D eigenvalue weighted by atomic mass is 10.1. The van der Waals surface area contributed by atoms with Gasteiger partial charge in [0, 0.05) is 19.3 Å². The highest BCUT2D eigenvalue weighted by Crippen LogP contribution is 2.31. The van der Waals surface area contributed by atoms with Crippen molar-refractivity contribution in [2.75, 3.05) is 20.3 Å². The molecule has 0 N–H and O–H groups in total. The van der Waals surface area contributed by atoms with E-state index in [0.717, 1.165) is 0 Å². The first-order valence-corrected chi connectivity index (χ1v) is 7.18. The fourth-order valence-corrected chi connectivity index (χ4v) is 1.99. The second-order valence-corrected chi connectivity index (χ2v) is 4.77. The summed E-state index contributed by atoms with van der Waals surface area (Å²) in [4.78, 5) is 22.3. The average Bonchev–Trinajstić information content (AvgIpc) is 3.08. The van der Waals surface area contributed by atoms with Crippen LogP contribution in [0.2, 0.25) is 0 Å². The van der Waals surface area contributed by atoms with Crippen molar-refractivity contribution in [2.45, 2.75) is 0 Å². The van der Waals surface area contributed by atoms with Gasteiger partial charge in [-0.3, -0.25) is 10.1 Å². The van der Waals surface area contributed by atoms with E-state index in [1.165, 1.54) is 31.4 Å². The van der Waals surface area contributed by atoms with Crippen molar-refractivity contribution in [1.29, 1.82) is 5.26 Å². The van der Waals surface area contributed by atoms with Gasteiger partial charge in [0.1, 0.15) is 29.8 Å². The van der Waals surface area contributed by atoms with Crippen molar-refractivity contribution in [3.05, 3.63) is 57.8 Å². The molecule has 0 bridgehead atoms. The van der Waals surface area contributed by atoms with E-state index in [1.807, 2.05) is 0 Å². The summed E-state index contributed by atoms with van der Waals surface area (Å²) in [7, 11) is 1.46. The van der Waals surface area contributed by atoms with Crippen molar-refractivity contribution in [2.24, 2.45) is 0 Å². The van der Waals surface area contributed by atoms with Crippen molar-refractivity contribution >= 4 is 17.7 Å². The third-order valence-corrected chi connectivity index (χ3v) is 3.14. The molecule has 25 heavy (non-hydrogen) atoms. The van der Waals surface area contributed by atoms with Crippen LogP contribution >= 0.6 is 0 Å². The Labute approximate surface area is 143 Å². The fourth-order valence-electron chi connectivity index (χ4n) is 1.99. The molecule has 2 rings (SSSR count). The normalized spacial score (nSPS) is 11.0. The number of esters is 1. The van der Waals surface area contributed by atoms with E-state index >= 15 is 0 Å². The molecule has 0 saturated carbocycles. The Morgan fingerprint density at radius 2 is 2.08 bits per heavy atom. The molecule has 0 aliphatic rings. The minimum atomic E-state index is -0.803. The van der Waals surface area contributed by atoms with Gasteiger partial charge in [-0.1, -0.05) is 12.1 Å². The van der Waals surface area contributed by atoms with E-state index < -0.39 is 10.9 Å². The number of rotatable bonds is 7. The van der Waals surface area contributed by atoms with E-state index in [-0.39, 0.29) is 36.0 Å². The zero-order valence-electron chi connectivity index (χ0n) is 13.3. The molecule has 0 amide bonds. The summed E-state index contributed by atoms with van der Waals surface area (Å²) in [5.41, 5.74) is -0.0558. The molecule has 8 nitrogen and oxygen atoms in total. The van der Waals surface area contributed by atoms with Gasteiger partial charge in [0.15, 0.2) is 0 Å².